The fourth-order valence-electron chi connectivity index (χ4n) is 3.15. The highest BCUT2D eigenvalue weighted by Crippen LogP contribution is 2.35. The van der Waals surface area contributed by atoms with E-state index in [2.05, 4.69) is 35.2 Å². The lowest BCUT2D eigenvalue weighted by Crippen LogP contribution is -2.25. The number of unbranched alkanes of at least 4 members (excludes halogenated alkanes) is 2. The van der Waals surface area contributed by atoms with Gasteiger partial charge in [0.2, 0.25) is 0 Å². The normalized spacial score (nSPS) is 21.0. The zero-order chi connectivity index (χ0) is 18.2. The molecular weight excluding hydrogens is 344 g/mol. The van der Waals surface area contributed by atoms with Crippen molar-refractivity contribution in [3.8, 4) is 0 Å². The summed E-state index contributed by atoms with van der Waals surface area (Å²) in [6.07, 6.45) is 11.0. The van der Waals surface area contributed by atoms with Crippen molar-refractivity contribution in [2.45, 2.75) is 61.7 Å². The Hall–Kier alpha value is -1.56. The van der Waals surface area contributed by atoms with E-state index in [0.29, 0.717) is 6.61 Å². The average molecular weight is 373 g/mol. The molecule has 1 saturated heterocycles. The number of rotatable bonds is 10. The van der Waals surface area contributed by atoms with Gasteiger partial charge in [0.05, 0.1) is 19.0 Å². The van der Waals surface area contributed by atoms with Gasteiger partial charge >= 0.3 is 0 Å². The van der Waals surface area contributed by atoms with Crippen LogP contribution in [0, 0.1) is 0 Å². The van der Waals surface area contributed by atoms with Crippen molar-refractivity contribution in [2.24, 2.45) is 0 Å². The van der Waals surface area contributed by atoms with Gasteiger partial charge in [-0.2, -0.15) is 0 Å². The Morgan fingerprint density at radius 2 is 2.19 bits per heavy atom. The number of hydrogen-bond acceptors (Lipinski definition) is 4. The number of benzene rings is 1. The van der Waals surface area contributed by atoms with Crippen molar-refractivity contribution >= 4 is 11.8 Å². The molecule has 1 aliphatic rings. The third kappa shape index (κ3) is 5.47. The van der Waals surface area contributed by atoms with Crippen LogP contribution in [0.15, 0.2) is 66.1 Å². The van der Waals surface area contributed by atoms with Crippen LogP contribution in [0.2, 0.25) is 0 Å². The van der Waals surface area contributed by atoms with Gasteiger partial charge < -0.3 is 14.0 Å². The monoisotopic (exact) mass is 372 g/mol. The number of thioether (sulfide) groups is 1. The number of allylic oxidation sites excluding steroid dienone is 1. The second-order valence-electron chi connectivity index (χ2n) is 6.69. The van der Waals surface area contributed by atoms with E-state index in [9.17, 15) is 0 Å². The Morgan fingerprint density at radius 1 is 1.35 bits per heavy atom. The molecule has 0 bridgehead atoms. The molecule has 0 N–H and O–H groups in total. The average Bonchev–Trinajstić information content (AvgIpc) is 3.33. The van der Waals surface area contributed by atoms with Crippen molar-refractivity contribution < 1.29 is 9.47 Å². The zero-order valence-electron chi connectivity index (χ0n) is 15.4. The number of aromatic nitrogens is 2. The van der Waals surface area contributed by atoms with Crippen LogP contribution in [0.4, 0.5) is 0 Å². The van der Waals surface area contributed by atoms with Crippen LogP contribution in [0.3, 0.4) is 0 Å². The van der Waals surface area contributed by atoms with Gasteiger partial charge in [0, 0.05) is 17.3 Å². The van der Waals surface area contributed by atoms with Gasteiger partial charge in [-0.05, 0) is 31.4 Å². The lowest BCUT2D eigenvalue weighted by atomic mass is 10.0. The van der Waals surface area contributed by atoms with Crippen LogP contribution in [0.25, 0.3) is 0 Å². The van der Waals surface area contributed by atoms with Crippen LogP contribution in [-0.2, 0) is 9.47 Å². The van der Waals surface area contributed by atoms with E-state index in [4.69, 9.17) is 9.47 Å². The van der Waals surface area contributed by atoms with Crippen LogP contribution < -0.4 is 0 Å². The quantitative estimate of drug-likeness (QED) is 0.411. The first-order valence-electron chi connectivity index (χ1n) is 9.39. The molecule has 0 amide bonds. The maximum Gasteiger partial charge on any atom is 0.180 e. The second-order valence-corrected chi connectivity index (χ2v) is 7.92. The van der Waals surface area contributed by atoms with Gasteiger partial charge in [0.25, 0.3) is 0 Å². The van der Waals surface area contributed by atoms with E-state index in [1.165, 1.54) is 29.7 Å². The van der Waals surface area contributed by atoms with E-state index in [-0.39, 0.29) is 17.8 Å². The first kappa shape index (κ1) is 19.2. The predicted octanol–water partition coefficient (Wildman–Crippen LogP) is 5.44. The largest absolute Gasteiger partial charge is 0.347 e. The SMILES string of the molecule is C=C(CCCCC)CC(C1OCC(Sc2ccccc2)O1)n1ccnc1. The molecule has 0 saturated carbocycles. The minimum Gasteiger partial charge on any atom is -0.347 e. The molecule has 26 heavy (non-hydrogen) atoms. The van der Waals surface area contributed by atoms with Gasteiger partial charge in [0.15, 0.2) is 6.29 Å². The standard InChI is InChI=1S/C21H28N2O2S/c1-3-4-6-9-17(2)14-19(23-13-12-22-16-23)21-24-15-20(25-21)26-18-10-7-5-8-11-18/h5,7-8,10-13,16,19-21H,2-4,6,9,14-15H2,1H3. The second kappa shape index (κ2) is 9.95. The maximum atomic E-state index is 6.23. The number of hydrogen-bond donors (Lipinski definition) is 0. The molecule has 3 atom stereocenters. The van der Waals surface area contributed by atoms with Gasteiger partial charge in [0.1, 0.15) is 5.44 Å². The minimum atomic E-state index is -0.270. The summed E-state index contributed by atoms with van der Waals surface area (Å²) in [6.45, 7) is 7.10. The molecule has 1 aromatic carbocycles. The number of imidazole rings is 1. The zero-order valence-corrected chi connectivity index (χ0v) is 16.2. The van der Waals surface area contributed by atoms with Crippen molar-refractivity contribution in [1.29, 1.82) is 0 Å². The molecule has 1 fully saturated rings. The van der Waals surface area contributed by atoms with Crippen LogP contribution >= 0.6 is 11.8 Å². The predicted molar refractivity (Wildman–Crippen MR) is 106 cm³/mol. The van der Waals surface area contributed by atoms with Crippen molar-refractivity contribution in [3.63, 3.8) is 0 Å². The molecule has 0 spiro atoms. The highest BCUT2D eigenvalue weighted by atomic mass is 32.2. The van der Waals surface area contributed by atoms with Crippen LogP contribution in [0.1, 0.15) is 45.1 Å². The Kier molecular flexibility index (Phi) is 7.35. The Labute approximate surface area is 160 Å². The summed E-state index contributed by atoms with van der Waals surface area (Å²) in [4.78, 5) is 5.40. The molecule has 1 aromatic heterocycles. The number of ether oxygens (including phenoxy) is 2. The van der Waals surface area contributed by atoms with Gasteiger partial charge in [-0.1, -0.05) is 61.9 Å². The molecule has 2 heterocycles. The maximum absolute atomic E-state index is 6.23. The molecule has 0 radical (unpaired) electrons. The van der Waals surface area contributed by atoms with Crippen molar-refractivity contribution in [3.05, 3.63) is 61.2 Å². The van der Waals surface area contributed by atoms with Crippen LogP contribution in [-0.4, -0.2) is 27.9 Å². The minimum absolute atomic E-state index is 0.0155. The summed E-state index contributed by atoms with van der Waals surface area (Å²) < 4.78 is 14.3. The van der Waals surface area contributed by atoms with E-state index in [1.807, 2.05) is 30.7 Å². The highest BCUT2D eigenvalue weighted by Gasteiger charge is 2.34. The fraction of sp³-hybridized carbons (Fsp3) is 0.476. The summed E-state index contributed by atoms with van der Waals surface area (Å²) >= 11 is 1.71. The molecular formula is C21H28N2O2S. The summed E-state index contributed by atoms with van der Waals surface area (Å²) in [5.74, 6) is 0. The van der Waals surface area contributed by atoms with Gasteiger partial charge in [-0.25, -0.2) is 4.98 Å². The van der Waals surface area contributed by atoms with Crippen molar-refractivity contribution in [2.75, 3.05) is 6.61 Å². The number of nitrogens with zero attached hydrogens (tertiary/aromatic N) is 2. The first-order valence-corrected chi connectivity index (χ1v) is 10.3. The molecule has 5 heteroatoms. The van der Waals surface area contributed by atoms with Gasteiger partial charge in [-0.15, -0.1) is 0 Å². The summed E-state index contributed by atoms with van der Waals surface area (Å²) in [5.41, 5.74) is 1.27. The topological polar surface area (TPSA) is 36.3 Å². The Bertz CT molecular complexity index is 660. The molecule has 0 aliphatic carbocycles. The molecule has 2 aromatic rings. The molecule has 140 valence electrons. The third-order valence-electron chi connectivity index (χ3n) is 4.55. The molecule has 3 rings (SSSR count). The van der Waals surface area contributed by atoms with Crippen molar-refractivity contribution in [1.82, 2.24) is 9.55 Å². The summed E-state index contributed by atoms with van der Waals surface area (Å²) in [6, 6.07) is 10.4. The lowest BCUT2D eigenvalue weighted by molar-refractivity contribution is -0.0815. The van der Waals surface area contributed by atoms with E-state index >= 15 is 0 Å². The fourth-order valence-corrected chi connectivity index (χ4v) is 4.08. The molecule has 1 aliphatic heterocycles. The summed E-state index contributed by atoms with van der Waals surface area (Å²) in [7, 11) is 0. The first-order chi connectivity index (χ1) is 12.8. The highest BCUT2D eigenvalue weighted by molar-refractivity contribution is 7.99. The summed E-state index contributed by atoms with van der Waals surface area (Å²) in [5, 5.41) is 0. The van der Waals surface area contributed by atoms with E-state index < -0.39 is 0 Å². The van der Waals surface area contributed by atoms with E-state index in [0.717, 1.165) is 12.8 Å². The molecule has 3 unspecified atom stereocenters. The van der Waals surface area contributed by atoms with Gasteiger partial charge in [-0.3, -0.25) is 0 Å². The smallest absolute Gasteiger partial charge is 0.180 e. The van der Waals surface area contributed by atoms with Crippen LogP contribution in [0.5, 0.6) is 0 Å². The molecule has 4 nitrogen and oxygen atoms in total. The third-order valence-corrected chi connectivity index (χ3v) is 5.60. The van der Waals surface area contributed by atoms with E-state index in [1.54, 1.807) is 18.0 Å². The Balaban J connectivity index is 1.59. The lowest BCUT2D eigenvalue weighted by Gasteiger charge is -2.25. The Morgan fingerprint density at radius 3 is 2.92 bits per heavy atom.